The van der Waals surface area contributed by atoms with E-state index >= 15 is 0 Å². The first-order valence-corrected chi connectivity index (χ1v) is 25.9. The zero-order chi connectivity index (χ0) is 42.4. The Balaban J connectivity index is 4.30. The van der Waals surface area contributed by atoms with Crippen LogP contribution < -0.4 is 0 Å². The average Bonchev–Trinajstić information content (AvgIpc) is 3.21. The van der Waals surface area contributed by atoms with Gasteiger partial charge >= 0.3 is 17.9 Å². The van der Waals surface area contributed by atoms with Gasteiger partial charge in [-0.3, -0.25) is 14.4 Å². The van der Waals surface area contributed by atoms with E-state index < -0.39 is 6.10 Å². The Hall–Kier alpha value is -1.59. The Morgan fingerprint density at radius 2 is 0.569 bits per heavy atom. The van der Waals surface area contributed by atoms with Gasteiger partial charge in [-0.05, 0) is 25.2 Å². The summed E-state index contributed by atoms with van der Waals surface area (Å²) in [7, 11) is 0. The summed E-state index contributed by atoms with van der Waals surface area (Å²) < 4.78 is 16.8. The second-order valence-electron chi connectivity index (χ2n) is 18.3. The normalized spacial score (nSPS) is 11.9. The van der Waals surface area contributed by atoms with Crippen LogP contribution in [-0.2, 0) is 28.6 Å². The number of carbonyl (C=O) groups excluding carboxylic acids is 3. The molecule has 1 atom stereocenters. The molecule has 0 bridgehead atoms. The Labute approximate surface area is 361 Å². The molecule has 0 aliphatic carbocycles. The van der Waals surface area contributed by atoms with Crippen LogP contribution in [0.2, 0.25) is 0 Å². The number of carbonyl (C=O) groups is 3. The first-order valence-electron chi connectivity index (χ1n) is 25.9. The number of esters is 3. The molecule has 0 saturated heterocycles. The fourth-order valence-corrected chi connectivity index (χ4v) is 7.86. The lowest BCUT2D eigenvalue weighted by molar-refractivity contribution is -0.167. The van der Waals surface area contributed by atoms with Gasteiger partial charge in [0.05, 0.1) is 0 Å². The van der Waals surface area contributed by atoms with E-state index in [-0.39, 0.29) is 31.1 Å². The molecular weight excluding hydrogens is 721 g/mol. The summed E-state index contributed by atoms with van der Waals surface area (Å²) in [6, 6.07) is 0. The monoisotopic (exact) mass is 821 g/mol. The van der Waals surface area contributed by atoms with Crippen LogP contribution in [0.4, 0.5) is 0 Å². The van der Waals surface area contributed by atoms with Gasteiger partial charge in [-0.15, -0.1) is 0 Å². The third-order valence-corrected chi connectivity index (χ3v) is 11.8. The molecule has 6 heteroatoms. The first-order chi connectivity index (χ1) is 28.4. The molecule has 0 spiro atoms. The van der Waals surface area contributed by atoms with Gasteiger partial charge in [0.25, 0.3) is 0 Å². The van der Waals surface area contributed by atoms with Crippen LogP contribution in [0.1, 0.15) is 291 Å². The van der Waals surface area contributed by atoms with Crippen molar-refractivity contribution in [2.24, 2.45) is 5.92 Å². The molecule has 0 heterocycles. The fraction of sp³-hybridized carbons (Fsp3) is 0.942. The van der Waals surface area contributed by atoms with Crippen LogP contribution in [0.15, 0.2) is 0 Å². The molecule has 0 amide bonds. The van der Waals surface area contributed by atoms with Crippen molar-refractivity contribution < 1.29 is 28.6 Å². The zero-order valence-electron chi connectivity index (χ0n) is 39.5. The Morgan fingerprint density at radius 3 is 0.845 bits per heavy atom. The van der Waals surface area contributed by atoms with Crippen molar-refractivity contribution in [3.63, 3.8) is 0 Å². The predicted octanol–water partition coefficient (Wildman–Crippen LogP) is 16.7. The summed E-state index contributed by atoms with van der Waals surface area (Å²) in [5.41, 5.74) is 0. The largest absolute Gasteiger partial charge is 0.462 e. The van der Waals surface area contributed by atoms with Crippen LogP contribution in [0.25, 0.3) is 0 Å². The molecule has 0 aromatic carbocycles. The molecule has 0 fully saturated rings. The minimum Gasteiger partial charge on any atom is -0.462 e. The summed E-state index contributed by atoms with van der Waals surface area (Å²) in [4.78, 5) is 37.9. The van der Waals surface area contributed by atoms with Gasteiger partial charge in [0.2, 0.25) is 0 Å². The van der Waals surface area contributed by atoms with Crippen molar-refractivity contribution >= 4 is 17.9 Å². The number of hydrogen-bond donors (Lipinski definition) is 0. The molecule has 0 N–H and O–H groups in total. The average molecular weight is 821 g/mol. The van der Waals surface area contributed by atoms with E-state index in [2.05, 4.69) is 27.7 Å². The van der Waals surface area contributed by atoms with E-state index in [1.807, 2.05) is 0 Å². The molecule has 0 saturated carbocycles. The van der Waals surface area contributed by atoms with Crippen LogP contribution in [0.5, 0.6) is 0 Å². The summed E-state index contributed by atoms with van der Waals surface area (Å²) in [5.74, 6) is -0.0392. The van der Waals surface area contributed by atoms with Crippen molar-refractivity contribution in [3.05, 3.63) is 0 Å². The van der Waals surface area contributed by atoms with Crippen molar-refractivity contribution in [2.45, 2.75) is 297 Å². The fourth-order valence-electron chi connectivity index (χ4n) is 7.86. The maximum Gasteiger partial charge on any atom is 0.306 e. The van der Waals surface area contributed by atoms with Gasteiger partial charge in [-0.25, -0.2) is 0 Å². The van der Waals surface area contributed by atoms with E-state index in [0.29, 0.717) is 19.3 Å². The summed E-state index contributed by atoms with van der Waals surface area (Å²) in [5, 5.41) is 0. The number of hydrogen-bond acceptors (Lipinski definition) is 6. The highest BCUT2D eigenvalue weighted by molar-refractivity contribution is 5.71. The summed E-state index contributed by atoms with van der Waals surface area (Å²) in [6.45, 7) is 9.01. The molecule has 0 aliphatic heterocycles. The highest BCUT2D eigenvalue weighted by Gasteiger charge is 2.19. The lowest BCUT2D eigenvalue weighted by Crippen LogP contribution is -2.30. The van der Waals surface area contributed by atoms with Crippen molar-refractivity contribution in [1.82, 2.24) is 0 Å². The van der Waals surface area contributed by atoms with Gasteiger partial charge in [0.15, 0.2) is 6.10 Å². The van der Waals surface area contributed by atoms with Gasteiger partial charge in [-0.2, -0.15) is 0 Å². The number of ether oxygens (including phenoxy) is 3. The molecular formula is C52H100O6. The van der Waals surface area contributed by atoms with Gasteiger partial charge < -0.3 is 14.2 Å². The van der Waals surface area contributed by atoms with E-state index in [0.717, 1.165) is 63.7 Å². The highest BCUT2D eigenvalue weighted by atomic mass is 16.6. The van der Waals surface area contributed by atoms with E-state index in [4.69, 9.17) is 14.2 Å². The van der Waals surface area contributed by atoms with Crippen molar-refractivity contribution in [3.8, 4) is 0 Å². The van der Waals surface area contributed by atoms with Crippen LogP contribution in [0, 0.1) is 5.92 Å². The molecule has 6 nitrogen and oxygen atoms in total. The Kier molecular flexibility index (Phi) is 45.2. The minimum atomic E-state index is -0.760. The second kappa shape index (κ2) is 46.5. The SMILES string of the molecule is CCCCCCCCCCCCCCCCCC(=O)OC[C@@H](COC(=O)CCCCCCCCCCCCCCC)OC(=O)CCCCCCCCCCCC(C)C. The molecule has 0 aromatic heterocycles. The standard InChI is InChI=1S/C52H100O6/c1-5-7-9-11-13-15-17-19-20-22-24-28-32-36-40-44-51(54)57-47-49(58-52(55)45-41-37-33-29-25-26-30-34-38-42-48(3)4)46-56-50(53)43-39-35-31-27-23-21-18-16-14-12-10-8-6-2/h48-49H,5-47H2,1-4H3/t49-/m1/s1. The lowest BCUT2D eigenvalue weighted by Gasteiger charge is -2.18. The topological polar surface area (TPSA) is 78.9 Å². The van der Waals surface area contributed by atoms with Gasteiger partial charge in [0, 0.05) is 19.3 Å². The van der Waals surface area contributed by atoms with E-state index in [1.165, 1.54) is 186 Å². The zero-order valence-corrected chi connectivity index (χ0v) is 39.5. The summed E-state index contributed by atoms with van der Waals surface area (Å²) >= 11 is 0. The molecule has 0 rings (SSSR count). The number of rotatable bonds is 47. The molecule has 344 valence electrons. The van der Waals surface area contributed by atoms with E-state index in [9.17, 15) is 14.4 Å². The molecule has 0 aromatic rings. The lowest BCUT2D eigenvalue weighted by atomic mass is 10.0. The maximum atomic E-state index is 12.8. The van der Waals surface area contributed by atoms with Crippen LogP contribution in [-0.4, -0.2) is 37.2 Å². The van der Waals surface area contributed by atoms with E-state index in [1.54, 1.807) is 0 Å². The van der Waals surface area contributed by atoms with Gasteiger partial charge in [-0.1, -0.05) is 252 Å². The van der Waals surface area contributed by atoms with Crippen molar-refractivity contribution in [2.75, 3.05) is 13.2 Å². The second-order valence-corrected chi connectivity index (χ2v) is 18.3. The third kappa shape index (κ3) is 45.5. The highest BCUT2D eigenvalue weighted by Crippen LogP contribution is 2.17. The Bertz CT molecular complexity index is 872. The smallest absolute Gasteiger partial charge is 0.306 e. The quantitative estimate of drug-likeness (QED) is 0.0346. The molecule has 0 radical (unpaired) electrons. The molecule has 58 heavy (non-hydrogen) atoms. The van der Waals surface area contributed by atoms with Crippen molar-refractivity contribution in [1.29, 1.82) is 0 Å². The molecule has 0 unspecified atom stereocenters. The minimum absolute atomic E-state index is 0.0630. The predicted molar refractivity (Wildman–Crippen MR) is 247 cm³/mol. The van der Waals surface area contributed by atoms with Gasteiger partial charge in [0.1, 0.15) is 13.2 Å². The number of unbranched alkanes of at least 4 members (excludes halogenated alkanes) is 34. The summed E-state index contributed by atoms with van der Waals surface area (Å²) in [6.07, 6.45) is 48.0. The first kappa shape index (κ1) is 56.4. The van der Waals surface area contributed by atoms with Crippen LogP contribution in [0.3, 0.4) is 0 Å². The van der Waals surface area contributed by atoms with Crippen LogP contribution >= 0.6 is 0 Å². The maximum absolute atomic E-state index is 12.8. The third-order valence-electron chi connectivity index (χ3n) is 11.8. The Morgan fingerprint density at radius 1 is 0.328 bits per heavy atom. The molecule has 0 aliphatic rings.